The number of rotatable bonds is 6. The number of nitrogens with zero attached hydrogens (tertiary/aromatic N) is 1. The number of amides is 1. The Hall–Kier alpha value is -2.08. The number of carbonyl (C=O) groups excluding carboxylic acids is 1. The van der Waals surface area contributed by atoms with Crippen LogP contribution in [-0.4, -0.2) is 32.1 Å². The normalized spacial score (nSPS) is 10.4. The summed E-state index contributed by atoms with van der Waals surface area (Å²) in [5, 5.41) is 0. The number of carbonyl (C=O) groups is 1. The van der Waals surface area contributed by atoms with Crippen molar-refractivity contribution in [1.29, 1.82) is 0 Å². The molecule has 0 saturated carbocycles. The fourth-order valence-electron chi connectivity index (χ4n) is 2.30. The Morgan fingerprint density at radius 3 is 2.38 bits per heavy atom. The molecule has 0 atom stereocenters. The van der Waals surface area contributed by atoms with Crippen LogP contribution < -0.4 is 9.47 Å². The maximum Gasteiger partial charge on any atom is 0.227 e. The lowest BCUT2D eigenvalue weighted by Gasteiger charge is -2.19. The van der Waals surface area contributed by atoms with Gasteiger partial charge in [0.25, 0.3) is 0 Å². The molecule has 6 heteroatoms. The Morgan fingerprint density at radius 1 is 1.12 bits per heavy atom. The highest BCUT2D eigenvalue weighted by molar-refractivity contribution is 9.10. The van der Waals surface area contributed by atoms with Crippen LogP contribution in [0.5, 0.6) is 11.5 Å². The quantitative estimate of drug-likeness (QED) is 0.746. The Labute approximate surface area is 149 Å². The molecular weight excluding hydrogens is 377 g/mol. The van der Waals surface area contributed by atoms with E-state index < -0.39 is 0 Å². The standard InChI is InChI=1S/C18H19BrFNO3/c1-21(11-12-6-4-5-7-15(12)20)18(22)9-13-8-16(23-2)17(24-3)10-14(13)19/h4-8,10H,9,11H2,1-3H3. The monoisotopic (exact) mass is 395 g/mol. The predicted molar refractivity (Wildman–Crippen MR) is 93.8 cm³/mol. The van der Waals surface area contributed by atoms with E-state index in [1.54, 1.807) is 51.6 Å². The number of halogens is 2. The number of ether oxygens (including phenoxy) is 2. The van der Waals surface area contributed by atoms with Gasteiger partial charge in [-0.1, -0.05) is 34.1 Å². The molecule has 2 aromatic rings. The second-order valence-electron chi connectivity index (χ2n) is 5.32. The van der Waals surface area contributed by atoms with Gasteiger partial charge in [0.1, 0.15) is 5.82 Å². The second kappa shape index (κ2) is 8.15. The molecule has 0 aliphatic heterocycles. The Bertz CT molecular complexity index is 736. The van der Waals surface area contributed by atoms with E-state index in [0.717, 1.165) is 10.0 Å². The predicted octanol–water partition coefficient (Wildman–Crippen LogP) is 3.81. The van der Waals surface area contributed by atoms with Gasteiger partial charge in [-0.05, 0) is 23.8 Å². The third kappa shape index (κ3) is 4.26. The van der Waals surface area contributed by atoms with E-state index in [4.69, 9.17) is 9.47 Å². The maximum atomic E-state index is 13.7. The summed E-state index contributed by atoms with van der Waals surface area (Å²) in [6.07, 6.45) is 0.173. The summed E-state index contributed by atoms with van der Waals surface area (Å²) in [6, 6.07) is 9.96. The van der Waals surface area contributed by atoms with Crippen LogP contribution in [0.15, 0.2) is 40.9 Å². The molecule has 0 fully saturated rings. The fourth-order valence-corrected chi connectivity index (χ4v) is 2.76. The van der Waals surface area contributed by atoms with Crippen LogP contribution >= 0.6 is 15.9 Å². The lowest BCUT2D eigenvalue weighted by molar-refractivity contribution is -0.129. The molecule has 128 valence electrons. The number of likely N-dealkylation sites (N-methyl/N-ethyl adjacent to an activating group) is 1. The van der Waals surface area contributed by atoms with Crippen molar-refractivity contribution >= 4 is 21.8 Å². The molecule has 0 spiro atoms. The highest BCUT2D eigenvalue weighted by atomic mass is 79.9. The molecule has 0 unspecified atom stereocenters. The SMILES string of the molecule is COc1cc(Br)c(CC(=O)N(C)Cc2ccccc2F)cc1OC. The summed E-state index contributed by atoms with van der Waals surface area (Å²) in [5.41, 5.74) is 1.26. The molecule has 0 aliphatic carbocycles. The van der Waals surface area contributed by atoms with Crippen LogP contribution in [0.1, 0.15) is 11.1 Å². The molecule has 0 aromatic heterocycles. The van der Waals surface area contributed by atoms with Crippen molar-refractivity contribution in [2.45, 2.75) is 13.0 Å². The smallest absolute Gasteiger partial charge is 0.227 e. The van der Waals surface area contributed by atoms with E-state index in [-0.39, 0.29) is 24.7 Å². The lowest BCUT2D eigenvalue weighted by Crippen LogP contribution is -2.28. The zero-order valence-electron chi connectivity index (χ0n) is 13.8. The molecule has 0 aliphatic rings. The van der Waals surface area contributed by atoms with Gasteiger partial charge in [-0.3, -0.25) is 4.79 Å². The molecule has 4 nitrogen and oxygen atoms in total. The van der Waals surface area contributed by atoms with Crippen molar-refractivity contribution < 1.29 is 18.7 Å². The van der Waals surface area contributed by atoms with E-state index in [1.165, 1.54) is 11.0 Å². The molecule has 0 radical (unpaired) electrons. The average molecular weight is 396 g/mol. The van der Waals surface area contributed by atoms with Crippen molar-refractivity contribution in [3.63, 3.8) is 0 Å². The summed E-state index contributed by atoms with van der Waals surface area (Å²) in [5.74, 6) is 0.705. The van der Waals surface area contributed by atoms with Crippen LogP contribution in [0.25, 0.3) is 0 Å². The highest BCUT2D eigenvalue weighted by Gasteiger charge is 2.16. The second-order valence-corrected chi connectivity index (χ2v) is 6.17. The van der Waals surface area contributed by atoms with Gasteiger partial charge >= 0.3 is 0 Å². The van der Waals surface area contributed by atoms with Crippen molar-refractivity contribution in [3.05, 3.63) is 57.8 Å². The number of methoxy groups -OCH3 is 2. The Kier molecular flexibility index (Phi) is 6.20. The minimum Gasteiger partial charge on any atom is -0.493 e. The van der Waals surface area contributed by atoms with Crippen LogP contribution in [0.4, 0.5) is 4.39 Å². The molecule has 0 N–H and O–H groups in total. The van der Waals surface area contributed by atoms with Gasteiger partial charge in [0.15, 0.2) is 11.5 Å². The minimum atomic E-state index is -0.315. The third-order valence-corrected chi connectivity index (χ3v) is 4.42. The van der Waals surface area contributed by atoms with Crippen LogP contribution in [0.3, 0.4) is 0 Å². The molecular formula is C18H19BrFNO3. The van der Waals surface area contributed by atoms with Gasteiger partial charge in [-0.15, -0.1) is 0 Å². The molecule has 1 amide bonds. The van der Waals surface area contributed by atoms with Crippen molar-refractivity contribution in [1.82, 2.24) is 4.90 Å². The topological polar surface area (TPSA) is 38.8 Å². The van der Waals surface area contributed by atoms with Crippen LogP contribution in [0.2, 0.25) is 0 Å². The van der Waals surface area contributed by atoms with Crippen molar-refractivity contribution in [3.8, 4) is 11.5 Å². The summed E-state index contributed by atoms with van der Waals surface area (Å²) in [4.78, 5) is 13.9. The van der Waals surface area contributed by atoms with Crippen molar-refractivity contribution in [2.24, 2.45) is 0 Å². The first-order valence-corrected chi connectivity index (χ1v) is 8.13. The number of hydrogen-bond donors (Lipinski definition) is 0. The number of hydrogen-bond acceptors (Lipinski definition) is 3. The average Bonchev–Trinajstić information content (AvgIpc) is 2.58. The summed E-state index contributed by atoms with van der Waals surface area (Å²) in [7, 11) is 4.75. The van der Waals surface area contributed by atoms with E-state index in [1.807, 2.05) is 0 Å². The first kappa shape index (κ1) is 18.3. The van der Waals surface area contributed by atoms with E-state index >= 15 is 0 Å². The van der Waals surface area contributed by atoms with Crippen LogP contribution in [-0.2, 0) is 17.8 Å². The largest absolute Gasteiger partial charge is 0.493 e. The van der Waals surface area contributed by atoms with Gasteiger partial charge in [0.2, 0.25) is 5.91 Å². The summed E-state index contributed by atoms with van der Waals surface area (Å²) < 4.78 is 25.0. The molecule has 2 aromatic carbocycles. The van der Waals surface area contributed by atoms with Gasteiger partial charge in [0.05, 0.1) is 20.6 Å². The number of benzene rings is 2. The lowest BCUT2D eigenvalue weighted by atomic mass is 10.1. The molecule has 2 rings (SSSR count). The third-order valence-electron chi connectivity index (χ3n) is 3.69. The first-order valence-electron chi connectivity index (χ1n) is 7.34. The van der Waals surface area contributed by atoms with Gasteiger partial charge in [0, 0.05) is 23.6 Å². The van der Waals surface area contributed by atoms with E-state index in [0.29, 0.717) is 17.1 Å². The zero-order valence-corrected chi connectivity index (χ0v) is 15.4. The molecule has 24 heavy (non-hydrogen) atoms. The van der Waals surface area contributed by atoms with Gasteiger partial charge in [-0.2, -0.15) is 0 Å². The summed E-state index contributed by atoms with van der Waals surface area (Å²) in [6.45, 7) is 0.219. The first-order chi connectivity index (χ1) is 11.5. The molecule has 0 heterocycles. The maximum absolute atomic E-state index is 13.7. The van der Waals surface area contributed by atoms with E-state index in [9.17, 15) is 9.18 Å². The van der Waals surface area contributed by atoms with Gasteiger partial charge < -0.3 is 14.4 Å². The van der Waals surface area contributed by atoms with Gasteiger partial charge in [-0.25, -0.2) is 4.39 Å². The summed E-state index contributed by atoms with van der Waals surface area (Å²) >= 11 is 3.44. The Balaban J connectivity index is 2.13. The van der Waals surface area contributed by atoms with Crippen LogP contribution in [0, 0.1) is 5.82 Å². The Morgan fingerprint density at radius 2 is 1.75 bits per heavy atom. The fraction of sp³-hybridized carbons (Fsp3) is 0.278. The van der Waals surface area contributed by atoms with E-state index in [2.05, 4.69) is 15.9 Å². The van der Waals surface area contributed by atoms with Crippen molar-refractivity contribution in [2.75, 3.05) is 21.3 Å². The highest BCUT2D eigenvalue weighted by Crippen LogP contribution is 2.33. The zero-order chi connectivity index (χ0) is 17.7. The molecule has 0 bridgehead atoms. The minimum absolute atomic E-state index is 0.119. The molecule has 0 saturated heterocycles.